The summed E-state index contributed by atoms with van der Waals surface area (Å²) in [6, 6.07) is 8.58. The summed E-state index contributed by atoms with van der Waals surface area (Å²) < 4.78 is 28.6. The minimum atomic E-state index is -0.488. The molecule has 6 heteroatoms. The van der Waals surface area contributed by atoms with Gasteiger partial charge in [0.25, 0.3) is 0 Å². The van der Waals surface area contributed by atoms with Crippen LogP contribution < -0.4 is 0 Å². The Morgan fingerprint density at radius 2 is 1.32 bits per heavy atom. The first-order valence-corrected chi connectivity index (χ1v) is 9.72. The third kappa shape index (κ3) is 3.20. The standard InChI is InChI=1S/C22H17Cl2F2NO/c1-27-20-8-9-21(27)15(11-13-17(24)5-3-7-19(13)26)22(28)14(20)10-12-16(23)4-2-6-18(12)25/h2-7,10-11,20-21H,8-9H2,1H3/b14-10+,15-11+. The van der Waals surface area contributed by atoms with Crippen LogP contribution in [0.1, 0.15) is 24.0 Å². The number of carbonyl (C=O) groups is 1. The van der Waals surface area contributed by atoms with Gasteiger partial charge in [-0.25, -0.2) is 8.78 Å². The number of hydrogen-bond acceptors (Lipinski definition) is 2. The van der Waals surface area contributed by atoms with E-state index in [1.54, 1.807) is 12.1 Å². The van der Waals surface area contributed by atoms with Crippen molar-refractivity contribution in [3.05, 3.63) is 80.4 Å². The molecule has 2 aliphatic rings. The highest BCUT2D eigenvalue weighted by Gasteiger charge is 2.44. The van der Waals surface area contributed by atoms with Crippen molar-refractivity contribution in [2.75, 3.05) is 7.05 Å². The number of benzene rings is 2. The van der Waals surface area contributed by atoms with E-state index in [-0.39, 0.29) is 39.0 Å². The molecule has 2 unspecified atom stereocenters. The van der Waals surface area contributed by atoms with Gasteiger partial charge in [-0.1, -0.05) is 35.3 Å². The van der Waals surface area contributed by atoms with Crippen LogP contribution >= 0.6 is 23.2 Å². The van der Waals surface area contributed by atoms with E-state index in [2.05, 4.69) is 4.90 Å². The zero-order chi connectivity index (χ0) is 20.0. The van der Waals surface area contributed by atoms with E-state index < -0.39 is 11.6 Å². The first-order chi connectivity index (χ1) is 13.4. The molecule has 2 nitrogen and oxygen atoms in total. The van der Waals surface area contributed by atoms with Gasteiger partial charge in [0.2, 0.25) is 0 Å². The monoisotopic (exact) mass is 419 g/mol. The van der Waals surface area contributed by atoms with Gasteiger partial charge in [-0.05, 0) is 56.3 Å². The first kappa shape index (κ1) is 19.3. The third-order valence-electron chi connectivity index (χ3n) is 5.54. The molecular weight excluding hydrogens is 403 g/mol. The average molecular weight is 420 g/mol. The molecule has 2 fully saturated rings. The van der Waals surface area contributed by atoms with Crippen molar-refractivity contribution in [1.82, 2.24) is 4.90 Å². The summed E-state index contributed by atoms with van der Waals surface area (Å²) in [5.74, 6) is -1.19. The smallest absolute Gasteiger partial charge is 0.188 e. The van der Waals surface area contributed by atoms with E-state index in [0.29, 0.717) is 11.1 Å². The van der Waals surface area contributed by atoms with Crippen LogP contribution in [0.4, 0.5) is 8.78 Å². The second kappa shape index (κ2) is 7.43. The Labute approximate surface area is 172 Å². The first-order valence-electron chi connectivity index (χ1n) is 8.96. The summed E-state index contributed by atoms with van der Waals surface area (Å²) in [4.78, 5) is 15.4. The topological polar surface area (TPSA) is 20.3 Å². The zero-order valence-corrected chi connectivity index (χ0v) is 16.6. The van der Waals surface area contributed by atoms with Gasteiger partial charge in [0, 0.05) is 34.4 Å². The van der Waals surface area contributed by atoms with E-state index in [4.69, 9.17) is 23.2 Å². The van der Waals surface area contributed by atoms with Crippen LogP contribution in [0, 0.1) is 11.6 Å². The number of Topliss-reactive ketones (excluding diaryl/α,β-unsaturated/α-hetero) is 1. The maximum Gasteiger partial charge on any atom is 0.188 e. The molecule has 2 saturated heterocycles. The third-order valence-corrected chi connectivity index (χ3v) is 6.20. The van der Waals surface area contributed by atoms with Crippen molar-refractivity contribution >= 4 is 41.1 Å². The predicted molar refractivity (Wildman–Crippen MR) is 108 cm³/mol. The molecule has 2 aromatic rings. The number of halogens is 4. The highest BCUT2D eigenvalue weighted by molar-refractivity contribution is 6.33. The van der Waals surface area contributed by atoms with E-state index in [1.807, 2.05) is 7.05 Å². The number of nitrogens with zero attached hydrogens (tertiary/aromatic N) is 1. The van der Waals surface area contributed by atoms with E-state index >= 15 is 0 Å². The van der Waals surface area contributed by atoms with Crippen LogP contribution in [0.15, 0.2) is 47.5 Å². The van der Waals surface area contributed by atoms with Crippen LogP contribution in [0.2, 0.25) is 10.0 Å². The molecule has 2 bridgehead atoms. The number of carbonyl (C=O) groups excluding carboxylic acids is 1. The molecule has 2 aliphatic heterocycles. The molecule has 0 N–H and O–H groups in total. The fourth-order valence-corrected chi connectivity index (χ4v) is 4.53. The molecule has 2 aromatic carbocycles. The van der Waals surface area contributed by atoms with Crippen LogP contribution in [-0.4, -0.2) is 29.8 Å². The summed E-state index contributed by atoms with van der Waals surface area (Å²) in [6.07, 6.45) is 4.57. The molecule has 0 radical (unpaired) electrons. The van der Waals surface area contributed by atoms with Gasteiger partial charge < -0.3 is 0 Å². The molecule has 0 spiro atoms. The van der Waals surface area contributed by atoms with Crippen LogP contribution in [0.25, 0.3) is 12.2 Å². The fraction of sp³-hybridized carbons (Fsp3) is 0.227. The molecular formula is C22H17Cl2F2NO. The number of fused-ring (bicyclic) bond motifs is 2. The van der Waals surface area contributed by atoms with Crippen molar-refractivity contribution in [3.63, 3.8) is 0 Å². The van der Waals surface area contributed by atoms with Crippen molar-refractivity contribution in [2.24, 2.45) is 0 Å². The summed E-state index contributed by atoms with van der Waals surface area (Å²) in [7, 11) is 1.92. The Hall–Kier alpha value is -2.01. The Balaban J connectivity index is 1.86. The Bertz CT molecular complexity index is 911. The zero-order valence-electron chi connectivity index (χ0n) is 15.1. The number of ketones is 1. The molecule has 144 valence electrons. The Morgan fingerprint density at radius 1 is 0.893 bits per heavy atom. The van der Waals surface area contributed by atoms with Crippen molar-refractivity contribution in [2.45, 2.75) is 24.9 Å². The van der Waals surface area contributed by atoms with Gasteiger partial charge in [0.1, 0.15) is 11.6 Å². The minimum Gasteiger partial charge on any atom is -0.292 e. The van der Waals surface area contributed by atoms with Crippen LogP contribution in [0.3, 0.4) is 0 Å². The van der Waals surface area contributed by atoms with Gasteiger partial charge in [-0.2, -0.15) is 0 Å². The quantitative estimate of drug-likeness (QED) is 0.574. The Morgan fingerprint density at radius 3 is 1.71 bits per heavy atom. The van der Waals surface area contributed by atoms with Gasteiger partial charge in [0.05, 0.1) is 10.0 Å². The van der Waals surface area contributed by atoms with E-state index in [1.165, 1.54) is 36.4 Å². The van der Waals surface area contributed by atoms with Crippen LogP contribution in [-0.2, 0) is 4.79 Å². The number of piperidine rings is 1. The molecule has 4 rings (SSSR count). The number of rotatable bonds is 2. The lowest BCUT2D eigenvalue weighted by Crippen LogP contribution is -2.43. The highest BCUT2D eigenvalue weighted by Crippen LogP contribution is 2.41. The van der Waals surface area contributed by atoms with Gasteiger partial charge in [0.15, 0.2) is 5.78 Å². The predicted octanol–water partition coefficient (Wildman–Crippen LogP) is 5.78. The van der Waals surface area contributed by atoms with E-state index in [9.17, 15) is 13.6 Å². The lowest BCUT2D eigenvalue weighted by atomic mass is 9.88. The number of likely N-dealkylation sites (N-methyl/N-ethyl adjacent to an activating group) is 1. The van der Waals surface area contributed by atoms with Gasteiger partial charge in [-0.15, -0.1) is 0 Å². The molecule has 2 atom stereocenters. The minimum absolute atomic E-state index is 0.124. The normalized spacial score (nSPS) is 25.1. The largest absolute Gasteiger partial charge is 0.292 e. The molecule has 0 saturated carbocycles. The molecule has 28 heavy (non-hydrogen) atoms. The lowest BCUT2D eigenvalue weighted by Gasteiger charge is -2.34. The molecule has 2 heterocycles. The number of hydrogen-bond donors (Lipinski definition) is 0. The maximum absolute atomic E-state index is 14.3. The summed E-state index contributed by atoms with van der Waals surface area (Å²) in [6.45, 7) is 0. The molecule has 0 aliphatic carbocycles. The van der Waals surface area contributed by atoms with Crippen molar-refractivity contribution in [3.8, 4) is 0 Å². The molecule has 0 aromatic heterocycles. The van der Waals surface area contributed by atoms with Crippen molar-refractivity contribution in [1.29, 1.82) is 0 Å². The van der Waals surface area contributed by atoms with E-state index in [0.717, 1.165) is 12.8 Å². The second-order valence-electron chi connectivity index (χ2n) is 7.07. The van der Waals surface area contributed by atoms with Crippen molar-refractivity contribution < 1.29 is 13.6 Å². The van der Waals surface area contributed by atoms with Crippen LogP contribution in [0.5, 0.6) is 0 Å². The average Bonchev–Trinajstić information content (AvgIpc) is 2.95. The van der Waals surface area contributed by atoms with Gasteiger partial charge in [-0.3, -0.25) is 9.69 Å². The maximum atomic E-state index is 14.3. The second-order valence-corrected chi connectivity index (χ2v) is 7.89. The summed E-state index contributed by atoms with van der Waals surface area (Å²) in [5.41, 5.74) is 1.30. The molecule has 0 amide bonds. The fourth-order valence-electron chi connectivity index (χ4n) is 4.09. The Kier molecular flexibility index (Phi) is 5.13. The summed E-state index contributed by atoms with van der Waals surface area (Å²) >= 11 is 12.3. The SMILES string of the molecule is CN1C2CCC1/C(=C\c1c(F)cccc1Cl)C(=O)/C2=C/c1c(F)cccc1Cl. The lowest BCUT2D eigenvalue weighted by molar-refractivity contribution is -0.114. The highest BCUT2D eigenvalue weighted by atomic mass is 35.5. The van der Waals surface area contributed by atoms with Gasteiger partial charge >= 0.3 is 0 Å². The summed E-state index contributed by atoms with van der Waals surface area (Å²) in [5, 5.41) is 0.483.